The molecule has 1 N–H and O–H groups in total. The summed E-state index contributed by atoms with van der Waals surface area (Å²) in [5.41, 5.74) is 3.23. The molecular weight excluding hydrogens is 492 g/mol. The Morgan fingerprint density at radius 2 is 1.73 bits per heavy atom. The third-order valence-corrected chi connectivity index (χ3v) is 6.50. The molecule has 1 heterocycles. The zero-order chi connectivity index (χ0) is 26.7. The highest BCUT2D eigenvalue weighted by atomic mass is 35.5. The maximum absolute atomic E-state index is 13.6. The lowest BCUT2D eigenvalue weighted by Crippen LogP contribution is -2.42. The van der Waals surface area contributed by atoms with Crippen LogP contribution in [0, 0.1) is 6.92 Å². The number of benzene rings is 3. The summed E-state index contributed by atoms with van der Waals surface area (Å²) in [7, 11) is 7.10. The fraction of sp³-hybridized carbons (Fsp3) is 0.250. The standard InChI is InChI=1S/C28H29ClN4O4/c1-17-24(32(2)3)15-14-22-25(17)27(35)37-28(30-22)31-23(16-18-6-12-21(36-5)13-7-18)26(34)33(4)20-10-8-19(29)9-11-20/h6-15,23H,16H2,1-5H3,(H,30,31)/t23-/m0/s1. The van der Waals surface area contributed by atoms with E-state index in [0.717, 1.165) is 16.8 Å². The Bertz CT molecular complexity index is 1470. The summed E-state index contributed by atoms with van der Waals surface area (Å²) in [4.78, 5) is 34.6. The van der Waals surface area contributed by atoms with Gasteiger partial charge in [0.1, 0.15) is 11.8 Å². The summed E-state index contributed by atoms with van der Waals surface area (Å²) in [6.45, 7) is 1.86. The highest BCUT2D eigenvalue weighted by Crippen LogP contribution is 2.26. The summed E-state index contributed by atoms with van der Waals surface area (Å²) in [6, 6.07) is 17.3. The van der Waals surface area contributed by atoms with Gasteiger partial charge in [-0.25, -0.2) is 4.79 Å². The molecule has 37 heavy (non-hydrogen) atoms. The summed E-state index contributed by atoms with van der Waals surface area (Å²) in [5, 5.41) is 4.06. The number of carbonyl (C=O) groups is 1. The number of amides is 1. The van der Waals surface area contributed by atoms with Crippen molar-refractivity contribution in [3.63, 3.8) is 0 Å². The Labute approximate surface area is 220 Å². The first-order valence-corrected chi connectivity index (χ1v) is 12.1. The van der Waals surface area contributed by atoms with Crippen LogP contribution in [0.4, 0.5) is 17.4 Å². The van der Waals surface area contributed by atoms with E-state index in [1.807, 2.05) is 56.3 Å². The second-order valence-corrected chi connectivity index (χ2v) is 9.36. The van der Waals surface area contributed by atoms with Crippen LogP contribution in [0.5, 0.6) is 5.75 Å². The fourth-order valence-electron chi connectivity index (χ4n) is 4.23. The molecule has 0 saturated carbocycles. The maximum Gasteiger partial charge on any atom is 0.348 e. The van der Waals surface area contributed by atoms with Crippen molar-refractivity contribution in [1.29, 1.82) is 0 Å². The number of halogens is 1. The lowest BCUT2D eigenvalue weighted by molar-refractivity contribution is -0.119. The number of hydrogen-bond acceptors (Lipinski definition) is 7. The Kier molecular flexibility index (Phi) is 7.69. The highest BCUT2D eigenvalue weighted by molar-refractivity contribution is 6.30. The SMILES string of the molecule is COc1ccc(C[C@H](Nc2nc3ccc(N(C)C)c(C)c3c(=O)o2)C(=O)N(C)c2ccc(Cl)cc2)cc1. The van der Waals surface area contributed by atoms with Crippen LogP contribution in [-0.4, -0.2) is 45.2 Å². The average Bonchev–Trinajstić information content (AvgIpc) is 2.88. The minimum absolute atomic E-state index is 0.0223. The molecule has 4 rings (SSSR count). The smallest absolute Gasteiger partial charge is 0.348 e. The Morgan fingerprint density at radius 1 is 1.05 bits per heavy atom. The van der Waals surface area contributed by atoms with Crippen LogP contribution in [0.2, 0.25) is 5.02 Å². The number of hydrogen-bond donors (Lipinski definition) is 1. The molecule has 0 spiro atoms. The van der Waals surface area contributed by atoms with Crippen LogP contribution in [0.15, 0.2) is 69.9 Å². The summed E-state index contributed by atoms with van der Waals surface area (Å²) in [6.07, 6.45) is 0.322. The van der Waals surface area contributed by atoms with Crippen LogP contribution in [0.1, 0.15) is 11.1 Å². The van der Waals surface area contributed by atoms with Gasteiger partial charge in [-0.1, -0.05) is 23.7 Å². The summed E-state index contributed by atoms with van der Waals surface area (Å²) < 4.78 is 10.8. The van der Waals surface area contributed by atoms with Crippen molar-refractivity contribution in [3.8, 4) is 5.75 Å². The highest BCUT2D eigenvalue weighted by Gasteiger charge is 2.26. The lowest BCUT2D eigenvalue weighted by Gasteiger charge is -2.25. The second-order valence-electron chi connectivity index (χ2n) is 8.93. The summed E-state index contributed by atoms with van der Waals surface area (Å²) in [5.74, 6) is 0.481. The number of methoxy groups -OCH3 is 1. The molecule has 1 aromatic heterocycles. The van der Waals surface area contributed by atoms with Crippen molar-refractivity contribution in [2.45, 2.75) is 19.4 Å². The molecule has 4 aromatic rings. The van der Waals surface area contributed by atoms with Gasteiger partial charge in [0, 0.05) is 44.0 Å². The molecule has 192 valence electrons. The van der Waals surface area contributed by atoms with Gasteiger partial charge in [0.05, 0.1) is 18.0 Å². The van der Waals surface area contributed by atoms with Gasteiger partial charge in [0.2, 0.25) is 5.91 Å². The minimum atomic E-state index is -0.774. The predicted molar refractivity (Wildman–Crippen MR) is 148 cm³/mol. The van der Waals surface area contributed by atoms with Gasteiger partial charge in [-0.3, -0.25) is 4.79 Å². The van der Waals surface area contributed by atoms with Crippen molar-refractivity contribution in [1.82, 2.24) is 4.98 Å². The number of nitrogens with one attached hydrogen (secondary N) is 1. The van der Waals surface area contributed by atoms with E-state index in [1.165, 1.54) is 4.90 Å². The van der Waals surface area contributed by atoms with Gasteiger partial charge in [0.15, 0.2) is 0 Å². The molecule has 9 heteroatoms. The van der Waals surface area contributed by atoms with E-state index >= 15 is 0 Å². The van der Waals surface area contributed by atoms with Crippen LogP contribution >= 0.6 is 11.6 Å². The summed E-state index contributed by atoms with van der Waals surface area (Å²) >= 11 is 6.02. The zero-order valence-corrected chi connectivity index (χ0v) is 22.2. The van der Waals surface area contributed by atoms with Crippen molar-refractivity contribution in [2.75, 3.05) is 43.4 Å². The molecule has 0 saturated heterocycles. The number of aryl methyl sites for hydroxylation is 1. The third kappa shape index (κ3) is 5.70. The maximum atomic E-state index is 13.6. The van der Waals surface area contributed by atoms with E-state index in [9.17, 15) is 9.59 Å². The van der Waals surface area contributed by atoms with Gasteiger partial charge >= 0.3 is 5.63 Å². The predicted octanol–water partition coefficient (Wildman–Crippen LogP) is 4.91. The number of fused-ring (bicyclic) bond motifs is 1. The van der Waals surface area contributed by atoms with Gasteiger partial charge in [-0.2, -0.15) is 4.98 Å². The quantitative estimate of drug-likeness (QED) is 0.353. The van der Waals surface area contributed by atoms with E-state index < -0.39 is 11.7 Å². The van der Waals surface area contributed by atoms with E-state index in [4.69, 9.17) is 20.8 Å². The number of likely N-dealkylation sites (N-methyl/N-ethyl adjacent to an activating group) is 1. The number of rotatable bonds is 8. The van der Waals surface area contributed by atoms with E-state index in [0.29, 0.717) is 33.8 Å². The fourth-order valence-corrected chi connectivity index (χ4v) is 4.35. The molecule has 0 aliphatic carbocycles. The molecular formula is C28H29ClN4O4. The van der Waals surface area contributed by atoms with Crippen molar-refractivity contribution < 1.29 is 13.9 Å². The van der Waals surface area contributed by atoms with Crippen LogP contribution < -0.4 is 25.5 Å². The van der Waals surface area contributed by atoms with Gasteiger partial charge < -0.3 is 24.3 Å². The average molecular weight is 521 g/mol. The molecule has 0 bridgehead atoms. The minimum Gasteiger partial charge on any atom is -0.497 e. The first kappa shape index (κ1) is 26.0. The lowest BCUT2D eigenvalue weighted by atomic mass is 10.0. The topological polar surface area (TPSA) is 87.9 Å². The van der Waals surface area contributed by atoms with E-state index in [1.54, 1.807) is 44.5 Å². The number of ether oxygens (including phenoxy) is 1. The molecule has 0 aliphatic heterocycles. The zero-order valence-electron chi connectivity index (χ0n) is 21.4. The van der Waals surface area contributed by atoms with Crippen molar-refractivity contribution in [3.05, 3.63) is 87.2 Å². The van der Waals surface area contributed by atoms with Crippen LogP contribution in [-0.2, 0) is 11.2 Å². The van der Waals surface area contributed by atoms with E-state index in [-0.39, 0.29) is 11.9 Å². The number of anilines is 3. The monoisotopic (exact) mass is 520 g/mol. The number of aromatic nitrogens is 1. The molecule has 0 unspecified atom stereocenters. The van der Waals surface area contributed by atoms with Gasteiger partial charge in [-0.05, 0) is 66.6 Å². The second kappa shape index (κ2) is 10.9. The molecule has 8 nitrogen and oxygen atoms in total. The number of nitrogens with zero attached hydrogens (tertiary/aromatic N) is 3. The molecule has 0 fully saturated rings. The van der Waals surface area contributed by atoms with Crippen molar-refractivity contribution in [2.24, 2.45) is 0 Å². The van der Waals surface area contributed by atoms with Gasteiger partial charge in [-0.15, -0.1) is 0 Å². The Hall–Kier alpha value is -4.04. The molecule has 3 aromatic carbocycles. The largest absolute Gasteiger partial charge is 0.497 e. The van der Waals surface area contributed by atoms with Crippen LogP contribution in [0.25, 0.3) is 10.9 Å². The molecule has 0 radical (unpaired) electrons. The Balaban J connectivity index is 1.70. The Morgan fingerprint density at radius 3 is 2.35 bits per heavy atom. The van der Waals surface area contributed by atoms with Crippen molar-refractivity contribution >= 4 is 45.8 Å². The molecule has 1 amide bonds. The third-order valence-electron chi connectivity index (χ3n) is 6.25. The normalized spacial score (nSPS) is 11.7. The van der Waals surface area contributed by atoms with E-state index in [2.05, 4.69) is 10.3 Å². The first-order chi connectivity index (χ1) is 17.7. The number of carbonyl (C=O) groups excluding carboxylic acids is 1. The molecule has 0 aliphatic rings. The van der Waals surface area contributed by atoms with Gasteiger partial charge in [0.25, 0.3) is 6.01 Å². The molecule has 1 atom stereocenters. The first-order valence-electron chi connectivity index (χ1n) is 11.7. The van der Waals surface area contributed by atoms with Crippen LogP contribution in [0.3, 0.4) is 0 Å².